The zero-order chi connectivity index (χ0) is 14.9. The number of nitrogens with zero attached hydrogens (tertiary/aromatic N) is 1. The Kier molecular flexibility index (Phi) is 3.43. The highest BCUT2D eigenvalue weighted by Gasteiger charge is 2.17. The number of halogens is 2. The van der Waals surface area contributed by atoms with E-state index < -0.39 is 22.5 Å². The standard InChI is InChI=1S/C13H7F2NO4/c14-11-4-1-7(5-12(11)15)10-6-8(16(19)20)2-3-9(10)13(17)18/h1-6H,(H,17,18). The second-order valence-electron chi connectivity index (χ2n) is 3.92. The van der Waals surface area contributed by atoms with E-state index in [4.69, 9.17) is 5.11 Å². The number of carboxylic acid groups (broad SMARTS) is 1. The lowest BCUT2D eigenvalue weighted by molar-refractivity contribution is -0.384. The molecule has 0 spiro atoms. The third-order valence-corrected chi connectivity index (χ3v) is 2.67. The summed E-state index contributed by atoms with van der Waals surface area (Å²) in [7, 11) is 0. The molecule has 20 heavy (non-hydrogen) atoms. The molecule has 0 saturated heterocycles. The lowest BCUT2D eigenvalue weighted by atomic mass is 9.99. The Bertz CT molecular complexity index is 716. The fourth-order valence-electron chi connectivity index (χ4n) is 1.73. The number of hydrogen-bond acceptors (Lipinski definition) is 3. The average Bonchev–Trinajstić information content (AvgIpc) is 2.41. The van der Waals surface area contributed by atoms with E-state index >= 15 is 0 Å². The van der Waals surface area contributed by atoms with E-state index in [1.807, 2.05) is 0 Å². The van der Waals surface area contributed by atoms with Gasteiger partial charge in [-0.05, 0) is 23.8 Å². The third kappa shape index (κ3) is 2.46. The van der Waals surface area contributed by atoms with Crippen LogP contribution in [0.3, 0.4) is 0 Å². The first-order valence-electron chi connectivity index (χ1n) is 5.37. The van der Waals surface area contributed by atoms with Crippen LogP contribution < -0.4 is 0 Å². The predicted octanol–water partition coefficient (Wildman–Crippen LogP) is 3.24. The maximum Gasteiger partial charge on any atom is 0.336 e. The van der Waals surface area contributed by atoms with Crippen molar-refractivity contribution in [3.8, 4) is 11.1 Å². The number of nitro groups is 1. The van der Waals surface area contributed by atoms with Gasteiger partial charge in [0.05, 0.1) is 10.5 Å². The molecule has 0 unspecified atom stereocenters. The lowest BCUT2D eigenvalue weighted by Crippen LogP contribution is -2.01. The fraction of sp³-hybridized carbons (Fsp3) is 0. The van der Waals surface area contributed by atoms with E-state index in [1.165, 1.54) is 0 Å². The number of carbonyl (C=O) groups is 1. The van der Waals surface area contributed by atoms with Crippen molar-refractivity contribution in [2.75, 3.05) is 0 Å². The van der Waals surface area contributed by atoms with E-state index in [2.05, 4.69) is 0 Å². The van der Waals surface area contributed by atoms with Crippen LogP contribution in [0.1, 0.15) is 10.4 Å². The first-order chi connectivity index (χ1) is 9.40. The zero-order valence-corrected chi connectivity index (χ0v) is 9.84. The lowest BCUT2D eigenvalue weighted by Gasteiger charge is -2.07. The topological polar surface area (TPSA) is 80.4 Å². The van der Waals surface area contributed by atoms with Crippen LogP contribution in [0, 0.1) is 21.7 Å². The van der Waals surface area contributed by atoms with Crippen molar-refractivity contribution in [2.45, 2.75) is 0 Å². The van der Waals surface area contributed by atoms with Gasteiger partial charge < -0.3 is 5.11 Å². The molecule has 2 aromatic rings. The summed E-state index contributed by atoms with van der Waals surface area (Å²) < 4.78 is 26.1. The Balaban J connectivity index is 2.68. The van der Waals surface area contributed by atoms with Crippen molar-refractivity contribution >= 4 is 11.7 Å². The highest BCUT2D eigenvalue weighted by molar-refractivity contribution is 5.96. The Morgan fingerprint density at radius 3 is 2.35 bits per heavy atom. The van der Waals surface area contributed by atoms with Crippen LogP contribution in [0.15, 0.2) is 36.4 Å². The van der Waals surface area contributed by atoms with Gasteiger partial charge in [-0.15, -0.1) is 0 Å². The van der Waals surface area contributed by atoms with Crippen molar-refractivity contribution in [3.63, 3.8) is 0 Å². The summed E-state index contributed by atoms with van der Waals surface area (Å²) >= 11 is 0. The smallest absolute Gasteiger partial charge is 0.336 e. The molecule has 0 aromatic heterocycles. The number of carboxylic acids is 1. The van der Waals surface area contributed by atoms with Gasteiger partial charge in [0.2, 0.25) is 0 Å². The number of hydrogen-bond donors (Lipinski definition) is 1. The van der Waals surface area contributed by atoms with E-state index in [0.717, 1.165) is 36.4 Å². The third-order valence-electron chi connectivity index (χ3n) is 2.67. The maximum absolute atomic E-state index is 13.2. The molecule has 0 aliphatic rings. The number of aromatic carboxylic acids is 1. The minimum Gasteiger partial charge on any atom is -0.478 e. The molecule has 0 amide bonds. The normalized spacial score (nSPS) is 10.3. The minimum atomic E-state index is -1.32. The molecule has 0 aliphatic heterocycles. The summed E-state index contributed by atoms with van der Waals surface area (Å²) in [5.41, 5.74) is -0.577. The Morgan fingerprint density at radius 1 is 1.10 bits per heavy atom. The summed E-state index contributed by atoms with van der Waals surface area (Å²) in [6.07, 6.45) is 0. The maximum atomic E-state index is 13.2. The number of non-ortho nitro benzene ring substituents is 1. The monoisotopic (exact) mass is 279 g/mol. The molecule has 0 heterocycles. The van der Waals surface area contributed by atoms with Gasteiger partial charge in [0, 0.05) is 17.7 Å². The second kappa shape index (κ2) is 5.04. The van der Waals surface area contributed by atoms with Gasteiger partial charge in [-0.25, -0.2) is 13.6 Å². The second-order valence-corrected chi connectivity index (χ2v) is 3.92. The molecule has 0 fully saturated rings. The largest absolute Gasteiger partial charge is 0.478 e. The Labute approximate surface area is 111 Å². The van der Waals surface area contributed by atoms with E-state index in [0.29, 0.717) is 0 Å². The van der Waals surface area contributed by atoms with Crippen LogP contribution >= 0.6 is 0 Å². The molecule has 0 atom stereocenters. The summed E-state index contributed by atoms with van der Waals surface area (Å²) in [6.45, 7) is 0. The van der Waals surface area contributed by atoms with Gasteiger partial charge in [-0.1, -0.05) is 6.07 Å². The summed E-state index contributed by atoms with van der Waals surface area (Å²) in [6, 6.07) is 5.87. The molecular weight excluding hydrogens is 272 g/mol. The van der Waals surface area contributed by atoms with Crippen LogP contribution in [0.4, 0.5) is 14.5 Å². The van der Waals surface area contributed by atoms with Crippen LogP contribution in [0.5, 0.6) is 0 Å². The molecule has 0 bridgehead atoms. The van der Waals surface area contributed by atoms with Crippen molar-refractivity contribution in [2.24, 2.45) is 0 Å². The van der Waals surface area contributed by atoms with Gasteiger partial charge in [-0.2, -0.15) is 0 Å². The Morgan fingerprint density at radius 2 is 1.80 bits per heavy atom. The molecule has 7 heteroatoms. The summed E-state index contributed by atoms with van der Waals surface area (Å²) in [5.74, 6) is -3.57. The summed E-state index contributed by atoms with van der Waals surface area (Å²) in [4.78, 5) is 21.1. The van der Waals surface area contributed by atoms with Gasteiger partial charge in [-0.3, -0.25) is 10.1 Å². The average molecular weight is 279 g/mol. The first kappa shape index (κ1) is 13.6. The van der Waals surface area contributed by atoms with Crippen LogP contribution in [-0.2, 0) is 0 Å². The van der Waals surface area contributed by atoms with E-state index in [1.54, 1.807) is 0 Å². The minimum absolute atomic E-state index is 0.0463. The molecule has 5 nitrogen and oxygen atoms in total. The van der Waals surface area contributed by atoms with Crippen molar-refractivity contribution in [1.29, 1.82) is 0 Å². The summed E-state index contributed by atoms with van der Waals surface area (Å²) in [5, 5.41) is 19.8. The van der Waals surface area contributed by atoms with E-state index in [-0.39, 0.29) is 22.4 Å². The molecular formula is C13H7F2NO4. The molecule has 0 saturated carbocycles. The van der Waals surface area contributed by atoms with Crippen molar-refractivity contribution in [1.82, 2.24) is 0 Å². The number of benzene rings is 2. The molecule has 102 valence electrons. The highest BCUT2D eigenvalue weighted by Crippen LogP contribution is 2.29. The molecule has 2 rings (SSSR count). The van der Waals surface area contributed by atoms with Crippen LogP contribution in [-0.4, -0.2) is 16.0 Å². The number of rotatable bonds is 3. The van der Waals surface area contributed by atoms with Crippen LogP contribution in [0.25, 0.3) is 11.1 Å². The number of nitro benzene ring substituents is 1. The Hall–Kier alpha value is -2.83. The van der Waals surface area contributed by atoms with Gasteiger partial charge in [0.1, 0.15) is 0 Å². The zero-order valence-electron chi connectivity index (χ0n) is 9.84. The quantitative estimate of drug-likeness (QED) is 0.690. The SMILES string of the molecule is O=C(O)c1ccc([N+](=O)[O-])cc1-c1ccc(F)c(F)c1. The molecule has 0 aliphatic carbocycles. The van der Waals surface area contributed by atoms with E-state index in [9.17, 15) is 23.7 Å². The van der Waals surface area contributed by atoms with Crippen molar-refractivity contribution in [3.05, 3.63) is 63.7 Å². The van der Waals surface area contributed by atoms with Crippen LogP contribution in [0.2, 0.25) is 0 Å². The van der Waals surface area contributed by atoms with Gasteiger partial charge >= 0.3 is 5.97 Å². The fourth-order valence-corrected chi connectivity index (χ4v) is 1.73. The molecule has 2 aromatic carbocycles. The van der Waals surface area contributed by atoms with Gasteiger partial charge in [0.15, 0.2) is 11.6 Å². The molecule has 1 N–H and O–H groups in total. The molecule has 0 radical (unpaired) electrons. The highest BCUT2D eigenvalue weighted by atomic mass is 19.2. The van der Waals surface area contributed by atoms with Gasteiger partial charge in [0.25, 0.3) is 5.69 Å². The van der Waals surface area contributed by atoms with Crippen molar-refractivity contribution < 1.29 is 23.6 Å². The predicted molar refractivity (Wildman–Crippen MR) is 65.4 cm³/mol. The first-order valence-corrected chi connectivity index (χ1v) is 5.37.